The fraction of sp³-hybridized carbons (Fsp3) is 0.122. The molecule has 0 atom stereocenters. The van der Waals surface area contributed by atoms with E-state index >= 15 is 0 Å². The molecular weight excluding hydrogens is 645 g/mol. The quantitative estimate of drug-likeness (QED) is 0.167. The highest BCUT2D eigenvalue weighted by Gasteiger charge is 2.27. The third-order valence-corrected chi connectivity index (χ3v) is 10.5. The molecule has 1 aliphatic carbocycles. The second kappa shape index (κ2) is 13.3. The summed E-state index contributed by atoms with van der Waals surface area (Å²) < 4.78 is 2.48. The molecule has 258 valence electrons. The van der Waals surface area contributed by atoms with Gasteiger partial charge in [-0.15, -0.1) is 0 Å². The Morgan fingerprint density at radius 1 is 0.547 bits per heavy atom. The van der Waals surface area contributed by atoms with Crippen molar-refractivity contribution in [3.05, 3.63) is 187 Å². The van der Waals surface area contributed by atoms with Crippen LogP contribution in [-0.2, 0) is 6.42 Å². The molecule has 1 aliphatic rings. The molecule has 0 N–H and O–H groups in total. The summed E-state index contributed by atoms with van der Waals surface area (Å²) in [6.45, 7) is 7.00. The van der Waals surface area contributed by atoms with Gasteiger partial charge >= 0.3 is 0 Å². The summed E-state index contributed by atoms with van der Waals surface area (Å²) in [5.74, 6) is 0. The first-order valence-corrected chi connectivity index (χ1v) is 18.5. The topological polar surface area (TPSA) is 24.3 Å². The van der Waals surface area contributed by atoms with E-state index in [0.29, 0.717) is 0 Å². The van der Waals surface area contributed by atoms with Crippen molar-refractivity contribution < 1.29 is 0 Å². The lowest BCUT2D eigenvalue weighted by Crippen LogP contribution is -2.14. The number of rotatable bonds is 7. The zero-order valence-electron chi connectivity index (χ0n) is 30.4. The average molecular weight is 687 g/mol. The third kappa shape index (κ3) is 5.96. The Morgan fingerprint density at radius 3 is 1.79 bits per heavy atom. The molecule has 0 bridgehead atoms. The first kappa shape index (κ1) is 32.5. The minimum absolute atomic E-state index is 0.103. The smallest absolute Gasteiger partial charge is 0.0942 e. The molecular formula is C49H42N4. The molecule has 0 saturated carbocycles. The number of para-hydroxylation sites is 4. The molecule has 0 amide bonds. The average Bonchev–Trinajstić information content (AvgIpc) is 3.53. The number of anilines is 6. The molecule has 2 heterocycles. The van der Waals surface area contributed by atoms with Gasteiger partial charge in [-0.2, -0.15) is 0 Å². The predicted octanol–water partition coefficient (Wildman–Crippen LogP) is 13.5. The second-order valence-electron chi connectivity index (χ2n) is 14.9. The third-order valence-electron chi connectivity index (χ3n) is 10.5. The number of pyridine rings is 1. The second-order valence-corrected chi connectivity index (χ2v) is 14.9. The maximum absolute atomic E-state index is 4.93. The molecule has 0 unspecified atom stereocenters. The largest absolute Gasteiger partial charge is 0.313 e. The number of hydrogen-bond donors (Lipinski definition) is 0. The van der Waals surface area contributed by atoms with Crippen LogP contribution in [0, 0.1) is 5.41 Å². The highest BCUT2D eigenvalue weighted by Crippen LogP contribution is 2.45. The molecule has 2 aromatic heterocycles. The number of nitrogens with zero attached hydrogens (tertiary/aromatic N) is 4. The molecule has 0 fully saturated rings. The highest BCUT2D eigenvalue weighted by atomic mass is 15.2. The Kier molecular flexibility index (Phi) is 8.16. The Balaban J connectivity index is 1.24. The van der Waals surface area contributed by atoms with Crippen molar-refractivity contribution in [3.63, 3.8) is 0 Å². The molecule has 0 saturated heterocycles. The van der Waals surface area contributed by atoms with Gasteiger partial charge in [0.05, 0.1) is 16.7 Å². The van der Waals surface area contributed by atoms with E-state index in [-0.39, 0.29) is 5.41 Å². The van der Waals surface area contributed by atoms with Crippen LogP contribution in [0.2, 0.25) is 0 Å². The number of fused-ring (bicyclic) bond motifs is 4. The maximum atomic E-state index is 4.93. The van der Waals surface area contributed by atoms with Gasteiger partial charge in [0.25, 0.3) is 0 Å². The van der Waals surface area contributed by atoms with Gasteiger partial charge in [-0.3, -0.25) is 4.98 Å². The van der Waals surface area contributed by atoms with E-state index in [2.05, 4.69) is 199 Å². The van der Waals surface area contributed by atoms with Gasteiger partial charge in [-0.25, -0.2) is 0 Å². The van der Waals surface area contributed by atoms with Gasteiger partial charge in [0.2, 0.25) is 0 Å². The van der Waals surface area contributed by atoms with Crippen molar-refractivity contribution in [2.45, 2.75) is 33.6 Å². The van der Waals surface area contributed by atoms with Crippen LogP contribution in [0.3, 0.4) is 0 Å². The minimum Gasteiger partial charge on any atom is -0.313 e. The highest BCUT2D eigenvalue weighted by molar-refractivity contribution is 6.00. The Hall–Kier alpha value is -6.39. The summed E-state index contributed by atoms with van der Waals surface area (Å²) in [5, 5.41) is 2.37. The molecule has 6 aromatic carbocycles. The Bertz CT molecular complexity index is 2530. The zero-order valence-corrected chi connectivity index (χ0v) is 30.4. The lowest BCUT2D eigenvalue weighted by Gasteiger charge is -2.29. The van der Waals surface area contributed by atoms with Gasteiger partial charge in [0.15, 0.2) is 0 Å². The first-order valence-electron chi connectivity index (χ1n) is 18.5. The van der Waals surface area contributed by atoms with Crippen molar-refractivity contribution >= 4 is 62.0 Å². The van der Waals surface area contributed by atoms with Crippen molar-refractivity contribution in [2.24, 2.45) is 5.41 Å². The summed E-state index contributed by atoms with van der Waals surface area (Å²) in [4.78, 5) is 9.60. The van der Waals surface area contributed by atoms with Gasteiger partial charge in [0, 0.05) is 62.4 Å². The van der Waals surface area contributed by atoms with Crippen LogP contribution in [0.4, 0.5) is 34.1 Å². The van der Waals surface area contributed by atoms with E-state index in [0.717, 1.165) is 57.9 Å². The van der Waals surface area contributed by atoms with Gasteiger partial charge in [0.1, 0.15) is 0 Å². The van der Waals surface area contributed by atoms with Crippen LogP contribution >= 0.6 is 0 Å². The van der Waals surface area contributed by atoms with Crippen LogP contribution in [0.15, 0.2) is 176 Å². The number of hydrogen-bond acceptors (Lipinski definition) is 3. The van der Waals surface area contributed by atoms with Crippen molar-refractivity contribution in [1.82, 2.24) is 9.55 Å². The standard InChI is InChI=1S/C49H42N4/c1-49(2,3)36-24-30-45-43(33-36)44-34-42(29-31-46(44)53(45)39-21-11-6-12-22-39)52(47-23-13-15-35-16-14-32-50-48(35)47)41-27-25-40(26-28-41)51(37-17-7-4-8-18-37)38-19-9-5-10-20-38/h4-23,25-29,31-34H,24,30H2,1-3H3. The van der Waals surface area contributed by atoms with E-state index in [4.69, 9.17) is 4.98 Å². The van der Waals surface area contributed by atoms with Gasteiger partial charge < -0.3 is 14.4 Å². The molecule has 0 aliphatic heterocycles. The van der Waals surface area contributed by atoms with Crippen molar-refractivity contribution in [3.8, 4) is 5.69 Å². The van der Waals surface area contributed by atoms with Gasteiger partial charge in [-0.05, 0) is 109 Å². The Morgan fingerprint density at radius 2 is 1.13 bits per heavy atom. The molecule has 53 heavy (non-hydrogen) atoms. The summed E-state index contributed by atoms with van der Waals surface area (Å²) in [6.07, 6.45) is 6.44. The molecule has 9 rings (SSSR count). The van der Waals surface area contributed by atoms with Crippen LogP contribution in [0.5, 0.6) is 0 Å². The van der Waals surface area contributed by atoms with E-state index < -0.39 is 0 Å². The fourth-order valence-electron chi connectivity index (χ4n) is 7.91. The minimum atomic E-state index is 0.103. The Labute approximate surface area is 311 Å². The maximum Gasteiger partial charge on any atom is 0.0942 e. The SMILES string of the molecule is CC(C)(C)C1=Cc2c(n(-c3ccccc3)c3ccc(N(c4ccc(N(c5ccccc5)c5ccccc5)cc4)c4cccc5cccnc45)cc23)CC1. The lowest BCUT2D eigenvalue weighted by molar-refractivity contribution is 0.483. The summed E-state index contributed by atoms with van der Waals surface area (Å²) in [7, 11) is 0. The van der Waals surface area contributed by atoms with Crippen LogP contribution in [0.25, 0.3) is 33.6 Å². The normalized spacial score (nSPS) is 12.8. The van der Waals surface area contributed by atoms with E-state index in [1.54, 1.807) is 0 Å². The number of allylic oxidation sites excluding steroid dienone is 1. The van der Waals surface area contributed by atoms with Crippen LogP contribution < -0.4 is 9.80 Å². The predicted molar refractivity (Wildman–Crippen MR) is 224 cm³/mol. The van der Waals surface area contributed by atoms with Crippen LogP contribution in [-0.4, -0.2) is 9.55 Å². The van der Waals surface area contributed by atoms with E-state index in [1.807, 2.05) is 12.3 Å². The van der Waals surface area contributed by atoms with E-state index in [1.165, 1.54) is 33.4 Å². The summed E-state index contributed by atoms with van der Waals surface area (Å²) >= 11 is 0. The monoisotopic (exact) mass is 686 g/mol. The molecule has 4 nitrogen and oxygen atoms in total. The zero-order chi connectivity index (χ0) is 35.9. The lowest BCUT2D eigenvalue weighted by atomic mass is 9.79. The van der Waals surface area contributed by atoms with Crippen molar-refractivity contribution in [1.29, 1.82) is 0 Å². The molecule has 4 heteroatoms. The first-order chi connectivity index (χ1) is 25.9. The molecule has 0 radical (unpaired) electrons. The fourth-order valence-corrected chi connectivity index (χ4v) is 7.91. The summed E-state index contributed by atoms with van der Waals surface area (Å²) in [6, 6.07) is 58.5. The van der Waals surface area contributed by atoms with Crippen molar-refractivity contribution in [2.75, 3.05) is 9.80 Å². The number of aromatic nitrogens is 2. The number of benzene rings is 6. The molecule has 8 aromatic rings. The van der Waals surface area contributed by atoms with Crippen LogP contribution in [0.1, 0.15) is 38.4 Å². The molecule has 0 spiro atoms. The summed E-state index contributed by atoms with van der Waals surface area (Å²) in [5.41, 5.74) is 14.2. The van der Waals surface area contributed by atoms with Gasteiger partial charge in [-0.1, -0.05) is 105 Å². The van der Waals surface area contributed by atoms with E-state index in [9.17, 15) is 0 Å².